The molecule has 7 rings (SSSR count). The maximum atomic E-state index is 13.6. The smallest absolute Gasteiger partial charge is 0.190 e. The lowest BCUT2D eigenvalue weighted by molar-refractivity contribution is 1.04. The van der Waals surface area contributed by atoms with Crippen molar-refractivity contribution < 1.29 is 0 Å². The number of benzene rings is 5. The predicted molar refractivity (Wildman–Crippen MR) is 129 cm³/mol. The third-order valence-corrected chi connectivity index (χ3v) is 7.93. The van der Waals surface area contributed by atoms with E-state index in [-0.39, 0.29) is 21.7 Å². The first-order valence-corrected chi connectivity index (χ1v) is 11.2. The topological polar surface area (TPSA) is 68.3 Å². The summed E-state index contributed by atoms with van der Waals surface area (Å²) in [6.45, 7) is 11.1. The molecule has 0 bridgehead atoms. The second kappa shape index (κ2) is 5.69. The molecule has 6 aliphatic carbocycles. The zero-order valence-electron chi connectivity index (χ0n) is 19.0. The monoisotopic (exact) mass is 422 g/mol. The molecule has 32 heavy (non-hydrogen) atoms. The third kappa shape index (κ3) is 1.72. The first-order chi connectivity index (χ1) is 15.3. The predicted octanol–water partition coefficient (Wildman–Crippen LogP) is 4.03. The van der Waals surface area contributed by atoms with Crippen LogP contribution in [-0.4, -0.2) is 0 Å². The van der Waals surface area contributed by atoms with E-state index in [1.165, 1.54) is 0 Å². The number of fused-ring (bicyclic) bond motifs is 2. The first-order valence-electron chi connectivity index (χ1n) is 11.2. The highest BCUT2D eigenvalue weighted by Crippen LogP contribution is 2.53. The molecule has 6 aliphatic rings. The highest BCUT2D eigenvalue weighted by atomic mass is 16.1. The van der Waals surface area contributed by atoms with Gasteiger partial charge in [0.25, 0.3) is 0 Å². The number of aryl methyl sites for hydroxylation is 2. The van der Waals surface area contributed by atoms with Gasteiger partial charge in [-0.15, -0.1) is 0 Å². The summed E-state index contributed by atoms with van der Waals surface area (Å²) in [4.78, 5) is 53.4. The van der Waals surface area contributed by atoms with Crippen molar-refractivity contribution in [1.29, 1.82) is 0 Å². The van der Waals surface area contributed by atoms with Crippen molar-refractivity contribution in [3.63, 3.8) is 0 Å². The summed E-state index contributed by atoms with van der Waals surface area (Å²) in [5.74, 6) is 0. The van der Waals surface area contributed by atoms with Crippen LogP contribution in [0.2, 0.25) is 0 Å². The Hall–Kier alpha value is -3.40. The average molecular weight is 422 g/mol. The molecule has 0 aliphatic heterocycles. The van der Waals surface area contributed by atoms with Crippen molar-refractivity contribution >= 4 is 21.5 Å². The van der Waals surface area contributed by atoms with Crippen molar-refractivity contribution in [3.05, 3.63) is 85.4 Å². The number of rotatable bonds is 0. The summed E-state index contributed by atoms with van der Waals surface area (Å²) in [5.41, 5.74) is 8.54. The summed E-state index contributed by atoms with van der Waals surface area (Å²) in [6, 6.07) is 0. The fraction of sp³-hybridized carbons (Fsp3) is 0.286. The maximum Gasteiger partial charge on any atom is 0.190 e. The SMILES string of the molecule is CC.Cc1c2c3c(c(=O)c(C)c4c-3c(c1=O)c1c(C)c(=O)c3c5c(c(C)c(=O)c4c1-5)C3)C2. The number of hydrogen-bond acceptors (Lipinski definition) is 4. The molecule has 0 atom stereocenters. The maximum absolute atomic E-state index is 13.6. The molecule has 0 radical (unpaired) electrons. The van der Waals surface area contributed by atoms with E-state index in [2.05, 4.69) is 0 Å². The molecular formula is C28H22O4. The molecule has 1 aromatic carbocycles. The van der Waals surface area contributed by atoms with E-state index in [9.17, 15) is 19.2 Å². The number of hydrogen-bond donors (Lipinski definition) is 0. The third-order valence-electron chi connectivity index (χ3n) is 7.93. The van der Waals surface area contributed by atoms with Crippen LogP contribution in [0.15, 0.2) is 19.2 Å². The first kappa shape index (κ1) is 19.3. The Kier molecular flexibility index (Phi) is 3.43. The van der Waals surface area contributed by atoms with Crippen LogP contribution < -0.4 is 21.7 Å². The van der Waals surface area contributed by atoms with Crippen LogP contribution in [0.1, 0.15) is 58.4 Å². The van der Waals surface area contributed by atoms with Crippen molar-refractivity contribution in [2.75, 3.05) is 0 Å². The molecular weight excluding hydrogens is 400 g/mol. The Morgan fingerprint density at radius 3 is 1.09 bits per heavy atom. The van der Waals surface area contributed by atoms with E-state index < -0.39 is 0 Å². The van der Waals surface area contributed by atoms with E-state index in [1.807, 2.05) is 13.8 Å². The molecule has 4 nitrogen and oxygen atoms in total. The molecule has 1 aromatic rings. The van der Waals surface area contributed by atoms with Crippen LogP contribution in [0.3, 0.4) is 0 Å². The van der Waals surface area contributed by atoms with Crippen LogP contribution in [0.5, 0.6) is 0 Å². The van der Waals surface area contributed by atoms with Gasteiger partial charge in [0.2, 0.25) is 0 Å². The van der Waals surface area contributed by atoms with Gasteiger partial charge in [-0.05, 0) is 49.9 Å². The zero-order chi connectivity index (χ0) is 23.0. The molecule has 0 amide bonds. The van der Waals surface area contributed by atoms with Crippen LogP contribution in [0, 0.1) is 27.7 Å². The molecule has 0 heterocycles. The second-order valence-corrected chi connectivity index (χ2v) is 9.08. The van der Waals surface area contributed by atoms with E-state index in [0.29, 0.717) is 67.8 Å². The molecule has 0 aromatic heterocycles. The molecule has 158 valence electrons. The van der Waals surface area contributed by atoms with Gasteiger partial charge in [-0.2, -0.15) is 0 Å². The Morgan fingerprint density at radius 1 is 0.406 bits per heavy atom. The normalized spacial score (nSPS) is 13.6. The van der Waals surface area contributed by atoms with Gasteiger partial charge in [0.15, 0.2) is 21.7 Å². The summed E-state index contributed by atoms with van der Waals surface area (Å²) >= 11 is 0. The Labute approximate surface area is 183 Å². The van der Waals surface area contributed by atoms with Gasteiger partial charge < -0.3 is 0 Å². The molecule has 0 saturated carbocycles. The summed E-state index contributed by atoms with van der Waals surface area (Å²) in [7, 11) is 0. The molecule has 0 fully saturated rings. The largest absolute Gasteiger partial charge is 0.289 e. The highest BCUT2D eigenvalue weighted by Gasteiger charge is 2.40. The van der Waals surface area contributed by atoms with E-state index in [1.54, 1.807) is 27.7 Å². The summed E-state index contributed by atoms with van der Waals surface area (Å²) < 4.78 is 0. The quantitative estimate of drug-likeness (QED) is 0.273. The lowest BCUT2D eigenvalue weighted by atomic mass is 9.66. The van der Waals surface area contributed by atoms with Crippen LogP contribution in [-0.2, 0) is 12.8 Å². The van der Waals surface area contributed by atoms with Crippen molar-refractivity contribution in [3.8, 4) is 22.3 Å². The molecule has 0 N–H and O–H groups in total. The van der Waals surface area contributed by atoms with Gasteiger partial charge in [0.1, 0.15) is 0 Å². The van der Waals surface area contributed by atoms with Gasteiger partial charge in [0, 0.05) is 78.9 Å². The minimum atomic E-state index is -0.0835. The fourth-order valence-corrected chi connectivity index (χ4v) is 6.27. The van der Waals surface area contributed by atoms with Gasteiger partial charge in [-0.25, -0.2) is 0 Å². The summed E-state index contributed by atoms with van der Waals surface area (Å²) in [5, 5.41) is 2.27. The lowest BCUT2D eigenvalue weighted by Gasteiger charge is -2.34. The van der Waals surface area contributed by atoms with Gasteiger partial charge in [0.05, 0.1) is 0 Å². The minimum absolute atomic E-state index is 0.0267. The van der Waals surface area contributed by atoms with E-state index in [4.69, 9.17) is 0 Å². The minimum Gasteiger partial charge on any atom is -0.289 e. The van der Waals surface area contributed by atoms with Crippen LogP contribution >= 0.6 is 0 Å². The van der Waals surface area contributed by atoms with Gasteiger partial charge in [-0.1, -0.05) is 13.8 Å². The molecule has 4 heteroatoms. The van der Waals surface area contributed by atoms with Crippen molar-refractivity contribution in [1.82, 2.24) is 0 Å². The summed E-state index contributed by atoms with van der Waals surface area (Å²) in [6.07, 6.45) is 1.00. The Balaban J connectivity index is 0.000000953. The van der Waals surface area contributed by atoms with E-state index >= 15 is 0 Å². The molecule has 0 unspecified atom stereocenters. The highest BCUT2D eigenvalue weighted by molar-refractivity contribution is 6.26. The Bertz CT molecular complexity index is 1710. The fourth-order valence-electron chi connectivity index (χ4n) is 6.27. The lowest BCUT2D eigenvalue weighted by Crippen LogP contribution is -2.32. The molecule has 0 saturated heterocycles. The average Bonchev–Trinajstić information content (AvgIpc) is 2.73. The van der Waals surface area contributed by atoms with Gasteiger partial charge >= 0.3 is 0 Å². The standard InChI is InChI=1S/C26H16O4.C2H6/c1-7-11-5-13-17(11)19-16(10(4)23(13)27)22-20-15(21(19)25(7)29)9(3)24(28)14-6-12(18(14)20)8(2)26(22)30;1-2/h5-6H2,1-4H3;1-2H3. The van der Waals surface area contributed by atoms with Crippen LogP contribution in [0.25, 0.3) is 43.8 Å². The Morgan fingerprint density at radius 2 is 0.750 bits per heavy atom. The van der Waals surface area contributed by atoms with Crippen molar-refractivity contribution in [2.24, 2.45) is 0 Å². The van der Waals surface area contributed by atoms with Crippen molar-refractivity contribution in [2.45, 2.75) is 54.4 Å². The van der Waals surface area contributed by atoms with Gasteiger partial charge in [-0.3, -0.25) is 19.2 Å². The molecule has 0 spiro atoms. The van der Waals surface area contributed by atoms with E-state index in [0.717, 1.165) is 33.4 Å². The zero-order valence-corrected chi connectivity index (χ0v) is 19.0. The second-order valence-electron chi connectivity index (χ2n) is 9.08. The van der Waals surface area contributed by atoms with Crippen LogP contribution in [0.4, 0.5) is 0 Å².